The number of nitrogens with one attached hydrogen (secondary N) is 1. The molecule has 0 saturated carbocycles. The van der Waals surface area contributed by atoms with Gasteiger partial charge in [0.15, 0.2) is 0 Å². The van der Waals surface area contributed by atoms with Crippen molar-refractivity contribution in [3.63, 3.8) is 0 Å². The number of anilines is 1. The first kappa shape index (κ1) is 15.0. The van der Waals surface area contributed by atoms with Crippen molar-refractivity contribution < 1.29 is 13.5 Å². The molecule has 0 aromatic carbocycles. The van der Waals surface area contributed by atoms with Crippen LogP contribution >= 0.6 is 11.3 Å². The summed E-state index contributed by atoms with van der Waals surface area (Å²) in [5.74, 6) is 0. The Hall–Kier alpha value is -1.38. The van der Waals surface area contributed by atoms with E-state index in [1.807, 2.05) is 5.38 Å². The second-order valence-electron chi connectivity index (χ2n) is 4.42. The van der Waals surface area contributed by atoms with Crippen molar-refractivity contribution in [2.24, 2.45) is 0 Å². The minimum atomic E-state index is -3.64. The molecule has 0 saturated heterocycles. The highest BCUT2D eigenvalue weighted by molar-refractivity contribution is 7.92. The number of aromatic nitrogens is 2. The van der Waals surface area contributed by atoms with Crippen LogP contribution in [0.2, 0.25) is 0 Å². The molecule has 0 atom stereocenters. The summed E-state index contributed by atoms with van der Waals surface area (Å²) in [5, 5.41) is 16.6. The Labute approximate surface area is 122 Å². The van der Waals surface area contributed by atoms with Crippen LogP contribution in [0.4, 0.5) is 5.69 Å². The number of rotatable bonds is 6. The lowest BCUT2D eigenvalue weighted by Gasteiger charge is -2.07. The van der Waals surface area contributed by atoms with E-state index >= 15 is 0 Å². The Morgan fingerprint density at radius 3 is 2.80 bits per heavy atom. The fourth-order valence-corrected chi connectivity index (χ4v) is 4.16. The molecule has 0 amide bonds. The van der Waals surface area contributed by atoms with Crippen molar-refractivity contribution in [2.75, 3.05) is 11.3 Å². The van der Waals surface area contributed by atoms with Crippen LogP contribution in [0.5, 0.6) is 0 Å². The van der Waals surface area contributed by atoms with Gasteiger partial charge in [-0.2, -0.15) is 16.4 Å². The van der Waals surface area contributed by atoms with Crippen molar-refractivity contribution >= 4 is 27.0 Å². The summed E-state index contributed by atoms with van der Waals surface area (Å²) in [5.41, 5.74) is 1.60. The van der Waals surface area contributed by atoms with Gasteiger partial charge in [0.1, 0.15) is 4.90 Å². The number of aliphatic hydroxyl groups excluding tert-OH is 1. The summed E-state index contributed by atoms with van der Waals surface area (Å²) in [6.07, 6.45) is 0.541. The first-order chi connectivity index (χ1) is 9.45. The number of sulfonamides is 1. The quantitative estimate of drug-likeness (QED) is 0.850. The Balaban J connectivity index is 2.34. The number of aliphatic hydroxyl groups is 1. The molecule has 2 heterocycles. The summed E-state index contributed by atoms with van der Waals surface area (Å²) < 4.78 is 29.0. The lowest BCUT2D eigenvalue weighted by atomic mass is 10.4. The van der Waals surface area contributed by atoms with E-state index in [-0.39, 0.29) is 11.5 Å². The first-order valence-electron chi connectivity index (χ1n) is 6.15. The smallest absolute Gasteiger partial charge is 0.265 e. The summed E-state index contributed by atoms with van der Waals surface area (Å²) in [6.45, 7) is 3.94. The van der Waals surface area contributed by atoms with E-state index in [4.69, 9.17) is 5.11 Å². The van der Waals surface area contributed by atoms with Crippen LogP contribution in [0.1, 0.15) is 17.8 Å². The van der Waals surface area contributed by atoms with Crippen LogP contribution in [-0.2, 0) is 16.6 Å². The van der Waals surface area contributed by atoms with Crippen molar-refractivity contribution in [1.29, 1.82) is 0 Å². The zero-order valence-electron chi connectivity index (χ0n) is 11.3. The van der Waals surface area contributed by atoms with Crippen molar-refractivity contribution in [1.82, 2.24) is 9.78 Å². The topological polar surface area (TPSA) is 84.2 Å². The van der Waals surface area contributed by atoms with Gasteiger partial charge < -0.3 is 5.11 Å². The lowest BCUT2D eigenvalue weighted by Crippen LogP contribution is -2.14. The van der Waals surface area contributed by atoms with Crippen molar-refractivity contribution in [3.8, 4) is 0 Å². The molecule has 0 fully saturated rings. The van der Waals surface area contributed by atoms with Crippen molar-refractivity contribution in [2.45, 2.75) is 31.7 Å². The number of nitrogens with zero attached hydrogens (tertiary/aromatic N) is 2. The molecule has 2 N–H and O–H groups in total. The number of hydrogen-bond acceptors (Lipinski definition) is 5. The maximum absolute atomic E-state index is 12.4. The van der Waals surface area contributed by atoms with E-state index in [0.29, 0.717) is 30.0 Å². The summed E-state index contributed by atoms with van der Waals surface area (Å²) in [6, 6.07) is 1.71. The molecular weight excluding hydrogens is 298 g/mol. The molecule has 0 spiro atoms. The van der Waals surface area contributed by atoms with Gasteiger partial charge >= 0.3 is 0 Å². The molecule has 0 aliphatic heterocycles. The fraction of sp³-hybridized carbons (Fsp3) is 0.417. The molecule has 0 unspecified atom stereocenters. The van der Waals surface area contributed by atoms with Crippen LogP contribution in [0.25, 0.3) is 0 Å². The van der Waals surface area contributed by atoms with Gasteiger partial charge in [-0.05, 0) is 31.7 Å². The molecule has 0 aliphatic carbocycles. The lowest BCUT2D eigenvalue weighted by molar-refractivity contribution is 0.276. The van der Waals surface area contributed by atoms with Gasteiger partial charge in [0.25, 0.3) is 10.0 Å². The highest BCUT2D eigenvalue weighted by atomic mass is 32.2. The van der Waals surface area contributed by atoms with Crippen LogP contribution in [0.3, 0.4) is 0 Å². The Kier molecular flexibility index (Phi) is 4.46. The largest absolute Gasteiger partial charge is 0.396 e. The predicted molar refractivity (Wildman–Crippen MR) is 78.5 cm³/mol. The molecule has 2 rings (SSSR count). The van der Waals surface area contributed by atoms with E-state index in [2.05, 4.69) is 9.82 Å². The van der Waals surface area contributed by atoms with Gasteiger partial charge in [-0.15, -0.1) is 0 Å². The van der Waals surface area contributed by atoms with Crippen LogP contribution < -0.4 is 4.72 Å². The second kappa shape index (κ2) is 5.94. The third kappa shape index (κ3) is 3.02. The standard InChI is InChI=1S/C12H17N3O3S2/c1-9-12(10(2)15(13-9)5-3-6-16)20(17,18)14-11-4-7-19-8-11/h4,7-8,14,16H,3,5-6H2,1-2H3. The van der Waals surface area contributed by atoms with E-state index in [1.165, 1.54) is 11.3 Å². The third-order valence-electron chi connectivity index (χ3n) is 2.89. The summed E-state index contributed by atoms with van der Waals surface area (Å²) >= 11 is 1.42. The van der Waals surface area contributed by atoms with E-state index in [0.717, 1.165) is 0 Å². The van der Waals surface area contributed by atoms with Crippen LogP contribution in [-0.4, -0.2) is 29.9 Å². The molecule has 20 heavy (non-hydrogen) atoms. The van der Waals surface area contributed by atoms with E-state index in [9.17, 15) is 8.42 Å². The van der Waals surface area contributed by atoms with Crippen LogP contribution in [0.15, 0.2) is 21.7 Å². The minimum absolute atomic E-state index is 0.0492. The molecule has 6 nitrogen and oxygen atoms in total. The molecule has 2 aromatic rings. The molecule has 8 heteroatoms. The minimum Gasteiger partial charge on any atom is -0.396 e. The molecule has 0 radical (unpaired) electrons. The number of thiophene rings is 1. The van der Waals surface area contributed by atoms with E-state index < -0.39 is 10.0 Å². The average Bonchev–Trinajstić information content (AvgIpc) is 2.94. The highest BCUT2D eigenvalue weighted by Gasteiger charge is 2.24. The zero-order chi connectivity index (χ0) is 14.8. The molecular formula is C12H17N3O3S2. The number of aryl methyl sites for hydroxylation is 2. The Morgan fingerprint density at radius 2 is 2.20 bits per heavy atom. The molecule has 0 aliphatic rings. The maximum Gasteiger partial charge on any atom is 0.265 e. The summed E-state index contributed by atoms with van der Waals surface area (Å²) in [4.78, 5) is 0.210. The third-order valence-corrected chi connectivity index (χ3v) is 5.20. The second-order valence-corrected chi connectivity index (χ2v) is 6.82. The first-order valence-corrected chi connectivity index (χ1v) is 8.58. The predicted octanol–water partition coefficient (Wildman–Crippen LogP) is 1.74. The molecule has 110 valence electrons. The zero-order valence-corrected chi connectivity index (χ0v) is 13.0. The molecule has 2 aromatic heterocycles. The Morgan fingerprint density at radius 1 is 1.45 bits per heavy atom. The summed E-state index contributed by atoms with van der Waals surface area (Å²) in [7, 11) is -3.64. The van der Waals surface area contributed by atoms with Gasteiger partial charge in [-0.3, -0.25) is 9.40 Å². The maximum atomic E-state index is 12.4. The van der Waals surface area contributed by atoms with Gasteiger partial charge in [-0.25, -0.2) is 8.42 Å². The molecule has 0 bridgehead atoms. The normalized spacial score (nSPS) is 11.8. The van der Waals surface area contributed by atoms with Gasteiger partial charge in [0, 0.05) is 18.5 Å². The van der Waals surface area contributed by atoms with Gasteiger partial charge in [-0.1, -0.05) is 0 Å². The van der Waals surface area contributed by atoms with E-state index in [1.54, 1.807) is 30.0 Å². The highest BCUT2D eigenvalue weighted by Crippen LogP contribution is 2.23. The number of hydrogen-bond donors (Lipinski definition) is 2. The van der Waals surface area contributed by atoms with Crippen LogP contribution in [0, 0.1) is 13.8 Å². The average molecular weight is 315 g/mol. The van der Waals surface area contributed by atoms with Crippen molar-refractivity contribution in [3.05, 3.63) is 28.2 Å². The monoisotopic (exact) mass is 315 g/mol. The SMILES string of the molecule is Cc1nn(CCCO)c(C)c1S(=O)(=O)Nc1ccsc1. The fourth-order valence-electron chi connectivity index (χ4n) is 2.04. The Bertz CT molecular complexity index is 675. The van der Waals surface area contributed by atoms with Gasteiger partial charge in [0.2, 0.25) is 0 Å². The van der Waals surface area contributed by atoms with Gasteiger partial charge in [0.05, 0.1) is 17.1 Å².